The molecule has 12 aromatic carbocycles. The third kappa shape index (κ3) is 19.3. The van der Waals surface area contributed by atoms with Gasteiger partial charge in [-0.15, -0.1) is 220 Å². The third-order valence-corrected chi connectivity index (χ3v) is 26.5. The molecule has 8 aliphatic heterocycles. The molecule has 0 radical (unpaired) electrons. The van der Waals surface area contributed by atoms with E-state index in [9.17, 15) is 0 Å². The fraction of sp³-hybridized carbons (Fsp3) is 0.0315. The smallest absolute Gasteiger partial charge is 0.510 e. The molecule has 0 N–H and O–H groups in total. The van der Waals surface area contributed by atoms with E-state index in [2.05, 4.69) is 365 Å². The fourth-order valence-corrected chi connectivity index (χ4v) is 19.8. The Hall–Kier alpha value is -16.8. The van der Waals surface area contributed by atoms with Crippen LogP contribution in [0, 0.1) is 61.9 Å². The molecule has 0 saturated carbocycles. The Morgan fingerprint density at radius 1 is 0.247 bits per heavy atom. The van der Waals surface area contributed by atoms with Gasteiger partial charge >= 0.3 is 42.1 Å². The maximum atomic E-state index is 4.58. The summed E-state index contributed by atoms with van der Waals surface area (Å²) in [6.07, 6.45) is 37.8. The Balaban J connectivity index is 0.000000116. The number of benzene rings is 12. The second kappa shape index (κ2) is 44.1. The van der Waals surface area contributed by atoms with Crippen molar-refractivity contribution in [3.8, 4) is 134 Å². The molecule has 0 fully saturated rings. The summed E-state index contributed by atoms with van der Waals surface area (Å²) >= 11 is 0. The summed E-state index contributed by atoms with van der Waals surface area (Å²) < 4.78 is 0. The first-order chi connectivity index (χ1) is 72.2. The van der Waals surface area contributed by atoms with Gasteiger partial charge in [-0.25, -0.2) is 5.10 Å². The number of hydrazone groups is 1. The van der Waals surface area contributed by atoms with Crippen molar-refractivity contribution in [2.45, 2.75) is 12.8 Å². The number of anilines is 14. The fourth-order valence-electron chi connectivity index (χ4n) is 19.8. The summed E-state index contributed by atoms with van der Waals surface area (Å²) in [5.41, 5.74) is 42.5. The van der Waals surface area contributed by atoms with E-state index in [0.717, 1.165) is 249 Å². The molecule has 16 heterocycles. The zero-order valence-electron chi connectivity index (χ0n) is 80.3. The average molecular weight is 2660 g/mol. The monoisotopic (exact) mass is 2650 g/mol. The van der Waals surface area contributed by atoms with Crippen LogP contribution in [0.15, 0.2) is 442 Å². The molecule has 8 aliphatic rings. The van der Waals surface area contributed by atoms with Gasteiger partial charge in [-0.2, -0.15) is 18.8 Å². The van der Waals surface area contributed by atoms with Crippen LogP contribution >= 0.6 is 0 Å². The molecule has 732 valence electrons. The number of aromatic nitrogens is 8. The van der Waals surface area contributed by atoms with E-state index in [1.165, 1.54) is 0 Å². The van der Waals surface area contributed by atoms with Crippen LogP contribution in [0.2, 0.25) is 0 Å². The van der Waals surface area contributed by atoms with E-state index in [1.807, 2.05) is 221 Å². The zero-order valence-corrected chi connectivity index (χ0v) is 89.4. The Labute approximate surface area is 928 Å². The van der Waals surface area contributed by atoms with Crippen molar-refractivity contribution in [2.24, 2.45) is 15.1 Å². The van der Waals surface area contributed by atoms with Gasteiger partial charge in [0, 0.05) is 162 Å². The van der Waals surface area contributed by atoms with E-state index in [1.54, 1.807) is 17.5 Å². The summed E-state index contributed by atoms with van der Waals surface area (Å²) in [4.78, 5) is 60.3. The predicted molar refractivity (Wildman–Crippen MR) is 584 cm³/mol. The molecule has 23 heteroatoms. The van der Waals surface area contributed by atoms with Gasteiger partial charge in [0.25, 0.3) is 0 Å². The zero-order chi connectivity index (χ0) is 97.3. The van der Waals surface area contributed by atoms with Gasteiger partial charge in [0.15, 0.2) is 0 Å². The van der Waals surface area contributed by atoms with Gasteiger partial charge < -0.3 is 69.2 Å². The number of hydrogen-bond donors (Lipinski definition) is 0. The number of para-hydroxylation sites is 4. The maximum Gasteiger partial charge on any atom is 2.00 e. The molecule has 0 amide bonds. The van der Waals surface area contributed by atoms with E-state index >= 15 is 0 Å². The molecule has 28 rings (SSSR count). The second-order valence-electron chi connectivity index (χ2n) is 35.4. The van der Waals surface area contributed by atoms with Gasteiger partial charge in [-0.05, 0) is 203 Å². The largest absolute Gasteiger partial charge is 2.00 e. The summed E-state index contributed by atoms with van der Waals surface area (Å²) in [5.74, 6) is 0. The van der Waals surface area contributed by atoms with Gasteiger partial charge in [0.05, 0.1) is 29.1 Å². The standard InChI is InChI=1S/C32H22N5.2C32H20N4.C31H21N6.4Pt/c1-35-17-18-36(22-35)24-12-13-28-26-14-16-33-21-29(26)27-9-2-3-11-31(27)37(32(28)20-24)25-8-6-7-23(19-25)30-10-4-5-15-34-30;2*1-2-12-31-26(9-1)28-21-33-18-15-25(28)27-14-13-23(30-11-6-17-35-30)20-32(27)36(31)24-8-5-7-22(19-24)29-10-3-4-16-34-29;1-35-21-36(20-34-35)23-12-13-27-25-14-16-32-19-28(25)26-9-2-3-11-30(26)37(31(27)18-23)24-8-6-7-22(17-24)29-10-4-5-15-33-29;;;;/h2-18,21-22H,1H3;2*1-10,12-18,21H,11H2;2-16,19-21H,1H3;;;;/q-3;2*-2;-3;;;2*+2. The van der Waals surface area contributed by atoms with Crippen molar-refractivity contribution < 1.29 is 84.3 Å². The van der Waals surface area contributed by atoms with Crippen LogP contribution in [0.25, 0.3) is 134 Å². The molecule has 150 heavy (non-hydrogen) atoms. The third-order valence-electron chi connectivity index (χ3n) is 26.5. The number of rotatable bonds is 12. The van der Waals surface area contributed by atoms with Crippen LogP contribution in [0.4, 0.5) is 79.6 Å². The number of aliphatic imine (C=N–C) groups is 2. The molecule has 19 nitrogen and oxygen atoms in total. The minimum atomic E-state index is 0. The van der Waals surface area contributed by atoms with Crippen molar-refractivity contribution in [1.29, 1.82) is 0 Å². The first-order valence-electron chi connectivity index (χ1n) is 48.0. The Morgan fingerprint density at radius 3 is 0.853 bits per heavy atom. The van der Waals surface area contributed by atoms with Gasteiger partial charge in [-0.1, -0.05) is 167 Å². The number of pyridine rings is 8. The number of fused-ring (bicyclic) bond motifs is 20. The van der Waals surface area contributed by atoms with Crippen LogP contribution in [0.1, 0.15) is 24.0 Å². The van der Waals surface area contributed by atoms with Crippen LogP contribution in [-0.2, 0) is 84.3 Å². The first-order valence-corrected chi connectivity index (χ1v) is 48.0. The molecule has 8 aromatic heterocycles. The van der Waals surface area contributed by atoms with Crippen molar-refractivity contribution in [3.63, 3.8) is 0 Å². The van der Waals surface area contributed by atoms with Gasteiger partial charge in [-0.3, -0.25) is 19.9 Å². The maximum absolute atomic E-state index is 4.58. The van der Waals surface area contributed by atoms with Crippen LogP contribution < -0.4 is 29.4 Å². The van der Waals surface area contributed by atoms with Gasteiger partial charge in [0.1, 0.15) is 0 Å². The quantitative estimate of drug-likeness (QED) is 0.106. The predicted octanol–water partition coefficient (Wildman–Crippen LogP) is 29.0. The average Bonchev–Trinajstić information content (AvgIpc) is 1.61. The van der Waals surface area contributed by atoms with E-state index in [4.69, 9.17) is 0 Å². The van der Waals surface area contributed by atoms with Crippen LogP contribution in [-0.4, -0.2) is 81.6 Å². The van der Waals surface area contributed by atoms with Crippen molar-refractivity contribution >= 4 is 97.4 Å². The molecule has 0 spiro atoms. The number of allylic oxidation sites excluding steroid dienone is 2. The van der Waals surface area contributed by atoms with Crippen molar-refractivity contribution in [1.82, 2.24) is 49.8 Å². The van der Waals surface area contributed by atoms with E-state index < -0.39 is 0 Å². The molecule has 20 aromatic rings. The molecular formula is C127H83N19Pt4-6. The van der Waals surface area contributed by atoms with Crippen molar-refractivity contribution in [2.75, 3.05) is 43.5 Å². The summed E-state index contributed by atoms with van der Waals surface area (Å²) in [7, 11) is 3.92. The Kier molecular flexibility index (Phi) is 29.2. The molecule has 0 bridgehead atoms. The topological polar surface area (TPSA) is 166 Å². The Bertz CT molecular complexity index is 8150. The van der Waals surface area contributed by atoms with Crippen molar-refractivity contribution in [3.05, 3.63) is 500 Å². The summed E-state index contributed by atoms with van der Waals surface area (Å²) in [6.45, 7) is 3.97. The first kappa shape index (κ1) is 99.2. The van der Waals surface area contributed by atoms with Crippen LogP contribution in [0.3, 0.4) is 0 Å². The normalized spacial score (nSPS) is 13.2. The minimum Gasteiger partial charge on any atom is -0.510 e. The molecule has 0 unspecified atom stereocenters. The number of nitrogens with zero attached hydrogens (tertiary/aromatic N) is 19. The van der Waals surface area contributed by atoms with Crippen LogP contribution in [0.5, 0.6) is 0 Å². The SMILES string of the molecule is CN1C=CN(c2[c-]c3c(cc2)-c2ccncc2-c2ccccc2N3c2[c-]c(-c3ccccn3)ccc2)[CH-]1.CN1[CH-]N(c2[c-]c3c(cc2)-c2ccncc2-c2ccccc2N3c2[c-]c(-c3ccccn3)ccc2)C=N1.[Pt+2].[Pt+2].[Pt].[Pt].[c-]1c(-c2ccccn2)cccc1N1c2[c-]c(C3=NC=CC3)ccc2-c2ccncc2-c2ccccc21.[c-]1c(-c2ccccn2)cccc1N1c2[c-]c(C3=NC=CC3)ccc2-c2ccncc2-c2ccccc21. The second-order valence-corrected chi connectivity index (χ2v) is 35.4. The van der Waals surface area contributed by atoms with Gasteiger partial charge in [0.2, 0.25) is 0 Å². The Morgan fingerprint density at radius 2 is 0.560 bits per heavy atom. The van der Waals surface area contributed by atoms with E-state index in [0.29, 0.717) is 0 Å². The van der Waals surface area contributed by atoms with E-state index in [-0.39, 0.29) is 84.3 Å². The molecule has 0 saturated heterocycles. The molecule has 0 atom stereocenters. The molecular weight excluding hydrogens is 2570 g/mol. The summed E-state index contributed by atoms with van der Waals surface area (Å²) in [5, 5.41) is 6.12. The summed E-state index contributed by atoms with van der Waals surface area (Å²) in [6, 6.07) is 137. The minimum absolute atomic E-state index is 0. The number of hydrogen-bond acceptors (Lipinski definition) is 19. The molecule has 0 aliphatic carbocycles.